The van der Waals surface area contributed by atoms with E-state index in [0.29, 0.717) is 0 Å². The Morgan fingerprint density at radius 2 is 1.54 bits per heavy atom. The minimum absolute atomic E-state index is 0.761. The molecule has 1 aromatic heterocycles. The van der Waals surface area contributed by atoms with E-state index in [9.17, 15) is 0 Å². The normalized spacial score (nSPS) is 17.7. The van der Waals surface area contributed by atoms with Crippen molar-refractivity contribution in [1.82, 2.24) is 14.8 Å². The van der Waals surface area contributed by atoms with Crippen LogP contribution in [0.3, 0.4) is 0 Å². The van der Waals surface area contributed by atoms with E-state index in [0.717, 1.165) is 12.5 Å². The summed E-state index contributed by atoms with van der Waals surface area (Å²) in [5.74, 6) is 0.761. The zero-order valence-electron chi connectivity index (χ0n) is 14.8. The van der Waals surface area contributed by atoms with Gasteiger partial charge in [-0.25, -0.2) is 0 Å². The van der Waals surface area contributed by atoms with E-state index in [4.69, 9.17) is 0 Å². The summed E-state index contributed by atoms with van der Waals surface area (Å²) in [4.78, 5) is 9.29. The summed E-state index contributed by atoms with van der Waals surface area (Å²) in [5, 5.41) is 0. The summed E-state index contributed by atoms with van der Waals surface area (Å²) in [6, 6.07) is 15.1. The first kappa shape index (κ1) is 17.1. The van der Waals surface area contributed by atoms with Gasteiger partial charge in [0.25, 0.3) is 0 Å². The highest BCUT2D eigenvalue weighted by Gasteiger charge is 2.18. The summed E-state index contributed by atoms with van der Waals surface area (Å²) in [6.07, 6.45) is 6.26. The van der Waals surface area contributed by atoms with Crippen molar-refractivity contribution in [2.45, 2.75) is 26.3 Å². The van der Waals surface area contributed by atoms with Crippen molar-refractivity contribution in [2.75, 3.05) is 32.7 Å². The Morgan fingerprint density at radius 1 is 0.875 bits per heavy atom. The van der Waals surface area contributed by atoms with Gasteiger partial charge in [-0.1, -0.05) is 37.3 Å². The lowest BCUT2D eigenvalue weighted by Crippen LogP contribution is -2.47. The Kier molecular flexibility index (Phi) is 6.39. The maximum atomic E-state index is 4.10. The van der Waals surface area contributed by atoms with Gasteiger partial charge in [0, 0.05) is 51.7 Å². The number of hydrogen-bond acceptors (Lipinski definition) is 3. The van der Waals surface area contributed by atoms with Crippen LogP contribution in [0.1, 0.15) is 24.5 Å². The average molecular weight is 323 g/mol. The Morgan fingerprint density at radius 3 is 2.25 bits per heavy atom. The quantitative estimate of drug-likeness (QED) is 0.778. The first-order chi connectivity index (χ1) is 11.8. The van der Waals surface area contributed by atoms with Gasteiger partial charge in [0.05, 0.1) is 0 Å². The number of aryl methyl sites for hydroxylation is 1. The molecule has 1 aliphatic rings. The number of hydrogen-bond donors (Lipinski definition) is 0. The van der Waals surface area contributed by atoms with Crippen LogP contribution in [0, 0.1) is 5.92 Å². The van der Waals surface area contributed by atoms with E-state index in [1.54, 1.807) is 0 Å². The predicted octanol–water partition coefficient (Wildman–Crippen LogP) is 3.47. The summed E-state index contributed by atoms with van der Waals surface area (Å²) < 4.78 is 0. The fourth-order valence-corrected chi connectivity index (χ4v) is 3.47. The molecule has 2 heterocycles. The zero-order chi connectivity index (χ0) is 16.6. The van der Waals surface area contributed by atoms with Crippen molar-refractivity contribution in [3.63, 3.8) is 0 Å². The topological polar surface area (TPSA) is 19.4 Å². The fourth-order valence-electron chi connectivity index (χ4n) is 3.47. The highest BCUT2D eigenvalue weighted by Crippen LogP contribution is 2.13. The van der Waals surface area contributed by atoms with Crippen LogP contribution in [0.15, 0.2) is 54.9 Å². The molecule has 3 heteroatoms. The van der Waals surface area contributed by atoms with Crippen molar-refractivity contribution < 1.29 is 0 Å². The van der Waals surface area contributed by atoms with Crippen LogP contribution in [-0.4, -0.2) is 47.5 Å². The van der Waals surface area contributed by atoms with Gasteiger partial charge in [-0.05, 0) is 42.0 Å². The van der Waals surface area contributed by atoms with Crippen LogP contribution in [0.25, 0.3) is 0 Å². The van der Waals surface area contributed by atoms with E-state index in [-0.39, 0.29) is 0 Å². The van der Waals surface area contributed by atoms with Crippen LogP contribution in [-0.2, 0) is 13.0 Å². The molecule has 3 rings (SSSR count). The van der Waals surface area contributed by atoms with Crippen LogP contribution >= 0.6 is 0 Å². The standard InChI is InChI=1S/C21H29N3/c1-19(7-8-20-5-3-2-4-6-20)17-23-13-15-24(16-14-23)18-21-9-11-22-12-10-21/h2-6,9-12,19H,7-8,13-18H2,1H3/t19-/m1/s1. The number of aromatic nitrogens is 1. The Bertz CT molecular complexity index is 577. The Labute approximate surface area is 146 Å². The van der Waals surface area contributed by atoms with E-state index in [2.05, 4.69) is 64.2 Å². The highest BCUT2D eigenvalue weighted by molar-refractivity contribution is 5.14. The molecule has 0 amide bonds. The monoisotopic (exact) mass is 323 g/mol. The second-order valence-electron chi connectivity index (χ2n) is 7.06. The first-order valence-corrected chi connectivity index (χ1v) is 9.17. The summed E-state index contributed by atoms with van der Waals surface area (Å²) in [5.41, 5.74) is 2.83. The van der Waals surface area contributed by atoms with Crippen molar-refractivity contribution >= 4 is 0 Å². The molecule has 1 atom stereocenters. The molecule has 1 aromatic carbocycles. The van der Waals surface area contributed by atoms with Crippen LogP contribution < -0.4 is 0 Å². The number of pyridine rings is 1. The smallest absolute Gasteiger partial charge is 0.0271 e. The van der Waals surface area contributed by atoms with Crippen molar-refractivity contribution in [3.05, 3.63) is 66.0 Å². The van der Waals surface area contributed by atoms with Gasteiger partial charge in [0.15, 0.2) is 0 Å². The Hall–Kier alpha value is -1.71. The summed E-state index contributed by atoms with van der Waals surface area (Å²) in [6.45, 7) is 9.42. The number of piperazine rings is 1. The van der Waals surface area contributed by atoms with Crippen molar-refractivity contribution in [2.24, 2.45) is 5.92 Å². The van der Waals surface area contributed by atoms with E-state index in [1.165, 1.54) is 56.7 Å². The summed E-state index contributed by atoms with van der Waals surface area (Å²) >= 11 is 0. The molecule has 0 aliphatic carbocycles. The molecule has 1 fully saturated rings. The molecule has 3 nitrogen and oxygen atoms in total. The molecule has 0 saturated carbocycles. The molecule has 0 spiro atoms. The maximum Gasteiger partial charge on any atom is 0.0271 e. The molecule has 1 aliphatic heterocycles. The van der Waals surface area contributed by atoms with Gasteiger partial charge in [-0.3, -0.25) is 9.88 Å². The molecular formula is C21H29N3. The molecule has 0 unspecified atom stereocenters. The highest BCUT2D eigenvalue weighted by atomic mass is 15.3. The molecule has 24 heavy (non-hydrogen) atoms. The third kappa shape index (κ3) is 5.43. The predicted molar refractivity (Wildman–Crippen MR) is 99.9 cm³/mol. The Balaban J connectivity index is 1.36. The second-order valence-corrected chi connectivity index (χ2v) is 7.06. The van der Waals surface area contributed by atoms with Gasteiger partial charge >= 0.3 is 0 Å². The van der Waals surface area contributed by atoms with Crippen molar-refractivity contribution in [1.29, 1.82) is 0 Å². The van der Waals surface area contributed by atoms with Crippen LogP contribution in [0.4, 0.5) is 0 Å². The largest absolute Gasteiger partial charge is 0.301 e. The lowest BCUT2D eigenvalue weighted by molar-refractivity contribution is 0.114. The fraction of sp³-hybridized carbons (Fsp3) is 0.476. The van der Waals surface area contributed by atoms with Crippen molar-refractivity contribution in [3.8, 4) is 0 Å². The molecule has 2 aromatic rings. The molecule has 128 valence electrons. The molecule has 0 bridgehead atoms. The second kappa shape index (κ2) is 8.95. The molecule has 1 saturated heterocycles. The van der Waals surface area contributed by atoms with Gasteiger partial charge in [-0.2, -0.15) is 0 Å². The lowest BCUT2D eigenvalue weighted by atomic mass is 10.0. The lowest BCUT2D eigenvalue weighted by Gasteiger charge is -2.36. The number of nitrogens with zero attached hydrogens (tertiary/aromatic N) is 3. The molecular weight excluding hydrogens is 294 g/mol. The van der Waals surface area contributed by atoms with Gasteiger partial charge < -0.3 is 4.90 Å². The molecule has 0 radical (unpaired) electrons. The average Bonchev–Trinajstić information content (AvgIpc) is 2.63. The number of benzene rings is 1. The third-order valence-electron chi connectivity index (χ3n) is 4.96. The van der Waals surface area contributed by atoms with E-state index >= 15 is 0 Å². The minimum Gasteiger partial charge on any atom is -0.301 e. The maximum absolute atomic E-state index is 4.10. The third-order valence-corrected chi connectivity index (χ3v) is 4.96. The van der Waals surface area contributed by atoms with Crippen LogP contribution in [0.5, 0.6) is 0 Å². The SMILES string of the molecule is C[C@H](CCc1ccccc1)CN1CCN(Cc2ccncc2)CC1. The first-order valence-electron chi connectivity index (χ1n) is 9.17. The van der Waals surface area contributed by atoms with Gasteiger partial charge in [-0.15, -0.1) is 0 Å². The number of rotatable bonds is 7. The minimum atomic E-state index is 0.761. The van der Waals surface area contributed by atoms with Gasteiger partial charge in [0.2, 0.25) is 0 Å². The molecule has 0 N–H and O–H groups in total. The van der Waals surface area contributed by atoms with E-state index < -0.39 is 0 Å². The zero-order valence-corrected chi connectivity index (χ0v) is 14.8. The summed E-state index contributed by atoms with van der Waals surface area (Å²) in [7, 11) is 0. The van der Waals surface area contributed by atoms with Crippen LogP contribution in [0.2, 0.25) is 0 Å². The van der Waals surface area contributed by atoms with E-state index in [1.807, 2.05) is 12.4 Å². The van der Waals surface area contributed by atoms with Gasteiger partial charge in [0.1, 0.15) is 0 Å².